The van der Waals surface area contributed by atoms with E-state index < -0.39 is 5.60 Å². The first-order chi connectivity index (χ1) is 17.3. The monoisotopic (exact) mass is 515 g/mol. The Balaban J connectivity index is 1.19. The number of imide groups is 1. The van der Waals surface area contributed by atoms with Crippen molar-refractivity contribution in [3.63, 3.8) is 0 Å². The first kappa shape index (κ1) is 26.3. The number of nitrogens with zero attached hydrogens (tertiary/aromatic N) is 2. The molecule has 2 fully saturated rings. The van der Waals surface area contributed by atoms with Crippen LogP contribution in [0.1, 0.15) is 36.8 Å². The summed E-state index contributed by atoms with van der Waals surface area (Å²) in [5, 5.41) is 14.0. The molecule has 36 heavy (non-hydrogen) atoms. The maximum atomic E-state index is 11.5. The molecule has 0 bridgehead atoms. The Bertz CT molecular complexity index is 1060. The lowest BCUT2D eigenvalue weighted by molar-refractivity contribution is -0.118. The zero-order valence-electron chi connectivity index (χ0n) is 20.7. The molecular weight excluding hydrogens is 482 g/mol. The van der Waals surface area contributed by atoms with Gasteiger partial charge < -0.3 is 19.5 Å². The van der Waals surface area contributed by atoms with Gasteiger partial charge in [0.2, 0.25) is 5.91 Å². The van der Waals surface area contributed by atoms with Crippen molar-refractivity contribution >= 4 is 23.5 Å². The molecule has 4 rings (SSSR count). The standard InChI is InChI=1S/C27H34ClN3O5/c1-20-4-9-23(28)24(16-20)36-19-27(34)10-2-12-30(14-11-27)17-21-5-7-22(8-6-21)35-15-3-13-31-18-25(32)29-26(31)33/h4-9,16,34H,2-3,10-15,17-19H2,1H3,(H,29,32,33). The summed E-state index contributed by atoms with van der Waals surface area (Å²) in [5.41, 5.74) is 1.38. The SMILES string of the molecule is Cc1ccc(Cl)c(OCC2(O)CCCN(Cc3ccc(OCCCN4CC(=O)NC4=O)cc3)CC2)c1. The van der Waals surface area contributed by atoms with Crippen molar-refractivity contribution in [3.8, 4) is 11.5 Å². The minimum absolute atomic E-state index is 0.121. The van der Waals surface area contributed by atoms with E-state index in [9.17, 15) is 14.7 Å². The van der Waals surface area contributed by atoms with E-state index in [0.29, 0.717) is 43.2 Å². The smallest absolute Gasteiger partial charge is 0.324 e. The van der Waals surface area contributed by atoms with E-state index in [-0.39, 0.29) is 25.1 Å². The highest BCUT2D eigenvalue weighted by Gasteiger charge is 2.31. The fourth-order valence-corrected chi connectivity index (χ4v) is 4.70. The molecule has 2 aliphatic heterocycles. The van der Waals surface area contributed by atoms with Crippen molar-refractivity contribution in [2.45, 2.75) is 44.8 Å². The molecule has 1 atom stereocenters. The number of nitrogens with one attached hydrogen (secondary N) is 1. The number of aliphatic hydroxyl groups is 1. The molecule has 2 aromatic carbocycles. The second-order valence-corrected chi connectivity index (χ2v) is 10.1. The summed E-state index contributed by atoms with van der Waals surface area (Å²) < 4.78 is 11.7. The van der Waals surface area contributed by atoms with Crippen molar-refractivity contribution in [2.75, 3.05) is 39.4 Å². The van der Waals surface area contributed by atoms with Crippen LogP contribution >= 0.6 is 11.6 Å². The van der Waals surface area contributed by atoms with E-state index in [0.717, 1.165) is 37.4 Å². The van der Waals surface area contributed by atoms with Gasteiger partial charge in [-0.05, 0) is 74.5 Å². The van der Waals surface area contributed by atoms with Gasteiger partial charge in [-0.15, -0.1) is 0 Å². The number of aryl methyl sites for hydroxylation is 1. The molecule has 194 valence electrons. The molecular formula is C27H34ClN3O5. The van der Waals surface area contributed by atoms with Gasteiger partial charge in [0, 0.05) is 19.6 Å². The number of urea groups is 1. The highest BCUT2D eigenvalue weighted by molar-refractivity contribution is 6.32. The molecule has 0 aliphatic carbocycles. The Kier molecular flexibility index (Phi) is 8.72. The van der Waals surface area contributed by atoms with Crippen molar-refractivity contribution in [2.24, 2.45) is 0 Å². The Hall–Kier alpha value is -2.81. The molecule has 2 aromatic rings. The van der Waals surface area contributed by atoms with E-state index in [1.807, 2.05) is 37.3 Å². The molecule has 0 radical (unpaired) electrons. The number of hydrogen-bond acceptors (Lipinski definition) is 6. The third-order valence-electron chi connectivity index (χ3n) is 6.63. The van der Waals surface area contributed by atoms with Crippen LogP contribution in [-0.4, -0.2) is 71.8 Å². The summed E-state index contributed by atoms with van der Waals surface area (Å²) in [6, 6.07) is 13.3. The van der Waals surface area contributed by atoms with Crippen LogP contribution in [0.5, 0.6) is 11.5 Å². The fourth-order valence-electron chi connectivity index (χ4n) is 4.53. The first-order valence-electron chi connectivity index (χ1n) is 12.4. The van der Waals surface area contributed by atoms with Crippen LogP contribution in [0, 0.1) is 6.92 Å². The molecule has 0 spiro atoms. The van der Waals surface area contributed by atoms with Crippen LogP contribution in [0.4, 0.5) is 4.79 Å². The summed E-state index contributed by atoms with van der Waals surface area (Å²) in [5.74, 6) is 1.13. The number of carbonyl (C=O) groups excluding carboxylic acids is 2. The van der Waals surface area contributed by atoms with Gasteiger partial charge >= 0.3 is 6.03 Å². The normalized spacial score (nSPS) is 20.8. The lowest BCUT2D eigenvalue weighted by Gasteiger charge is -2.27. The number of ether oxygens (including phenoxy) is 2. The van der Waals surface area contributed by atoms with Gasteiger partial charge in [0.15, 0.2) is 0 Å². The molecule has 2 saturated heterocycles. The Morgan fingerprint density at radius 2 is 1.89 bits per heavy atom. The van der Waals surface area contributed by atoms with Crippen LogP contribution in [0.3, 0.4) is 0 Å². The van der Waals surface area contributed by atoms with Crippen LogP contribution in [0.25, 0.3) is 0 Å². The molecule has 9 heteroatoms. The van der Waals surface area contributed by atoms with Crippen molar-refractivity contribution in [1.29, 1.82) is 0 Å². The summed E-state index contributed by atoms with van der Waals surface area (Å²) >= 11 is 6.24. The van der Waals surface area contributed by atoms with Gasteiger partial charge in [-0.3, -0.25) is 15.0 Å². The molecule has 2 aliphatic rings. The van der Waals surface area contributed by atoms with Gasteiger partial charge in [0.1, 0.15) is 24.7 Å². The molecule has 8 nitrogen and oxygen atoms in total. The molecule has 3 amide bonds. The zero-order valence-corrected chi connectivity index (χ0v) is 21.4. The maximum absolute atomic E-state index is 11.5. The predicted molar refractivity (Wildman–Crippen MR) is 137 cm³/mol. The predicted octanol–water partition coefficient (Wildman–Crippen LogP) is 3.77. The second kappa shape index (κ2) is 12.0. The van der Waals surface area contributed by atoms with Crippen LogP contribution in [0.2, 0.25) is 5.02 Å². The highest BCUT2D eigenvalue weighted by Crippen LogP contribution is 2.29. The lowest BCUT2D eigenvalue weighted by atomic mass is 9.96. The largest absolute Gasteiger partial charge is 0.494 e. The molecule has 2 N–H and O–H groups in total. The van der Waals surface area contributed by atoms with Crippen LogP contribution < -0.4 is 14.8 Å². The van der Waals surface area contributed by atoms with E-state index in [1.165, 1.54) is 10.5 Å². The summed E-state index contributed by atoms with van der Waals surface area (Å²) in [6.45, 7) is 5.80. The quantitative estimate of drug-likeness (QED) is 0.370. The highest BCUT2D eigenvalue weighted by atomic mass is 35.5. The summed E-state index contributed by atoms with van der Waals surface area (Å²) in [7, 11) is 0. The van der Waals surface area contributed by atoms with Crippen molar-refractivity contribution in [1.82, 2.24) is 15.1 Å². The Labute approximate surface area is 217 Å². The fraction of sp³-hybridized carbons (Fsp3) is 0.481. The first-order valence-corrected chi connectivity index (χ1v) is 12.8. The van der Waals surface area contributed by atoms with E-state index >= 15 is 0 Å². The number of rotatable bonds is 10. The number of benzene rings is 2. The number of hydrogen-bond donors (Lipinski definition) is 2. The minimum atomic E-state index is -0.872. The zero-order chi connectivity index (χ0) is 25.5. The van der Waals surface area contributed by atoms with Crippen LogP contribution in [-0.2, 0) is 11.3 Å². The average Bonchev–Trinajstić information content (AvgIpc) is 3.06. The van der Waals surface area contributed by atoms with Gasteiger partial charge in [0.25, 0.3) is 0 Å². The van der Waals surface area contributed by atoms with Gasteiger partial charge in [0.05, 0.1) is 17.2 Å². The average molecular weight is 516 g/mol. The molecule has 1 unspecified atom stereocenters. The topological polar surface area (TPSA) is 91.3 Å². The number of carbonyl (C=O) groups is 2. The minimum Gasteiger partial charge on any atom is -0.494 e. The van der Waals surface area contributed by atoms with E-state index in [2.05, 4.69) is 22.3 Å². The molecule has 0 saturated carbocycles. The van der Waals surface area contributed by atoms with Gasteiger partial charge in [-0.1, -0.05) is 29.8 Å². The number of likely N-dealkylation sites (tertiary alicyclic amines) is 1. The van der Waals surface area contributed by atoms with Gasteiger partial charge in [-0.2, -0.15) is 0 Å². The third-order valence-corrected chi connectivity index (χ3v) is 6.94. The Morgan fingerprint density at radius 3 is 2.64 bits per heavy atom. The summed E-state index contributed by atoms with van der Waals surface area (Å²) in [4.78, 5) is 26.6. The molecule has 2 heterocycles. The van der Waals surface area contributed by atoms with E-state index in [1.54, 1.807) is 0 Å². The van der Waals surface area contributed by atoms with Crippen molar-refractivity contribution in [3.05, 3.63) is 58.6 Å². The third kappa shape index (κ3) is 7.35. The number of halogens is 1. The Morgan fingerprint density at radius 1 is 1.08 bits per heavy atom. The van der Waals surface area contributed by atoms with E-state index in [4.69, 9.17) is 21.1 Å². The molecule has 0 aromatic heterocycles. The second-order valence-electron chi connectivity index (χ2n) is 9.70. The van der Waals surface area contributed by atoms with Crippen LogP contribution in [0.15, 0.2) is 42.5 Å². The number of amides is 3. The lowest BCUT2D eigenvalue weighted by Crippen LogP contribution is -2.37. The maximum Gasteiger partial charge on any atom is 0.324 e. The van der Waals surface area contributed by atoms with Gasteiger partial charge in [-0.25, -0.2) is 4.79 Å². The summed E-state index contributed by atoms with van der Waals surface area (Å²) in [6.07, 6.45) is 2.87. The van der Waals surface area contributed by atoms with Crippen molar-refractivity contribution < 1.29 is 24.2 Å².